The molecule has 0 atom stereocenters. The van der Waals surface area contributed by atoms with Crippen LogP contribution < -0.4 is 4.74 Å². The lowest BCUT2D eigenvalue weighted by molar-refractivity contribution is -0.133. The maximum Gasteiger partial charge on any atom is 0.226 e. The van der Waals surface area contributed by atoms with E-state index in [-0.39, 0.29) is 11.7 Å². The highest BCUT2D eigenvalue weighted by molar-refractivity contribution is 5.76. The van der Waals surface area contributed by atoms with E-state index in [4.69, 9.17) is 4.74 Å². The number of aromatic hydroxyl groups is 1. The van der Waals surface area contributed by atoms with Gasteiger partial charge >= 0.3 is 0 Å². The number of rotatable bonds is 5. The number of phenolic OH excluding ortho intramolecular Hbond substituents is 1. The van der Waals surface area contributed by atoms with Gasteiger partial charge in [0.15, 0.2) is 0 Å². The summed E-state index contributed by atoms with van der Waals surface area (Å²) in [5.74, 6) is 0.945. The minimum Gasteiger partial charge on any atom is -0.508 e. The summed E-state index contributed by atoms with van der Waals surface area (Å²) in [6, 6.07) is 7.42. The summed E-state index contributed by atoms with van der Waals surface area (Å²) in [6.07, 6.45) is 7.14. The second kappa shape index (κ2) is 8.38. The number of nitrogens with zero attached hydrogens (tertiary/aromatic N) is 2. The number of hydrogen-bond donors (Lipinski definition) is 1. The second-order valence-electron chi connectivity index (χ2n) is 6.80. The van der Waals surface area contributed by atoms with Gasteiger partial charge in [0.25, 0.3) is 0 Å². The first-order valence-corrected chi connectivity index (χ1v) is 9.16. The Bertz CT molecular complexity index is 535. The standard InChI is InChI=1S/C19H28N2O3/c22-17-7-4-8-18(15-17)24-14-9-19(23)21-12-10-20(11-13-21)16-5-2-1-3-6-16/h4,7-8,15-16,22H,1-3,5-6,9-14H2. The van der Waals surface area contributed by atoms with E-state index in [1.807, 2.05) is 4.90 Å². The van der Waals surface area contributed by atoms with E-state index >= 15 is 0 Å². The van der Waals surface area contributed by atoms with Crippen LogP contribution in [-0.2, 0) is 4.79 Å². The lowest BCUT2D eigenvalue weighted by Gasteiger charge is -2.40. The molecule has 0 spiro atoms. The molecule has 1 aromatic carbocycles. The topological polar surface area (TPSA) is 53.0 Å². The van der Waals surface area contributed by atoms with Crippen molar-refractivity contribution in [2.75, 3.05) is 32.8 Å². The van der Waals surface area contributed by atoms with Gasteiger partial charge in [0.05, 0.1) is 13.0 Å². The molecule has 3 rings (SSSR count). The van der Waals surface area contributed by atoms with Crippen molar-refractivity contribution >= 4 is 5.91 Å². The first kappa shape index (κ1) is 17.1. The molecule has 2 aliphatic rings. The van der Waals surface area contributed by atoms with Crippen molar-refractivity contribution in [3.63, 3.8) is 0 Å². The van der Waals surface area contributed by atoms with Crippen LogP contribution in [0.1, 0.15) is 38.5 Å². The van der Waals surface area contributed by atoms with Crippen molar-refractivity contribution < 1.29 is 14.6 Å². The van der Waals surface area contributed by atoms with E-state index in [9.17, 15) is 9.90 Å². The molecule has 2 fully saturated rings. The van der Waals surface area contributed by atoms with Crippen LogP contribution in [-0.4, -0.2) is 59.6 Å². The van der Waals surface area contributed by atoms with Crippen molar-refractivity contribution in [2.24, 2.45) is 0 Å². The fourth-order valence-corrected chi connectivity index (χ4v) is 3.77. The quantitative estimate of drug-likeness (QED) is 0.901. The Labute approximate surface area is 144 Å². The van der Waals surface area contributed by atoms with Crippen molar-refractivity contribution in [1.29, 1.82) is 0 Å². The molecule has 5 nitrogen and oxygen atoms in total. The Hall–Kier alpha value is -1.75. The van der Waals surface area contributed by atoms with Gasteiger partial charge in [0.2, 0.25) is 5.91 Å². The average Bonchev–Trinajstić information content (AvgIpc) is 2.63. The molecule has 0 radical (unpaired) electrons. The van der Waals surface area contributed by atoms with E-state index in [2.05, 4.69) is 4.90 Å². The van der Waals surface area contributed by atoms with Crippen LogP contribution in [0.5, 0.6) is 11.5 Å². The SMILES string of the molecule is O=C(CCOc1cccc(O)c1)N1CCN(C2CCCCC2)CC1. The number of carbonyl (C=O) groups excluding carboxylic acids is 1. The van der Waals surface area contributed by atoms with E-state index in [0.29, 0.717) is 18.8 Å². The Balaban J connectivity index is 1.37. The Morgan fingerprint density at radius 2 is 1.88 bits per heavy atom. The van der Waals surface area contributed by atoms with Gasteiger partial charge in [-0.05, 0) is 25.0 Å². The van der Waals surface area contributed by atoms with Crippen molar-refractivity contribution in [2.45, 2.75) is 44.6 Å². The number of carbonyl (C=O) groups is 1. The first-order valence-electron chi connectivity index (χ1n) is 9.16. The number of benzene rings is 1. The highest BCUT2D eigenvalue weighted by atomic mass is 16.5. The van der Waals surface area contributed by atoms with Crippen LogP contribution in [0, 0.1) is 0 Å². The molecule has 0 bridgehead atoms. The van der Waals surface area contributed by atoms with Crippen LogP contribution in [0.3, 0.4) is 0 Å². The molecule has 1 saturated carbocycles. The van der Waals surface area contributed by atoms with Crippen LogP contribution in [0.15, 0.2) is 24.3 Å². The molecule has 1 amide bonds. The lowest BCUT2D eigenvalue weighted by atomic mass is 9.94. The molecule has 1 aliphatic carbocycles. The van der Waals surface area contributed by atoms with Gasteiger partial charge in [-0.15, -0.1) is 0 Å². The number of phenols is 1. The summed E-state index contributed by atoms with van der Waals surface area (Å²) >= 11 is 0. The summed E-state index contributed by atoms with van der Waals surface area (Å²) in [5, 5.41) is 9.40. The molecular formula is C19H28N2O3. The highest BCUT2D eigenvalue weighted by Crippen LogP contribution is 2.23. The highest BCUT2D eigenvalue weighted by Gasteiger charge is 2.26. The minimum atomic E-state index is 0.165. The zero-order valence-corrected chi connectivity index (χ0v) is 14.3. The summed E-state index contributed by atoms with van der Waals surface area (Å²) in [4.78, 5) is 16.9. The third-order valence-corrected chi connectivity index (χ3v) is 5.16. The number of amides is 1. The summed E-state index contributed by atoms with van der Waals surface area (Å²) in [6.45, 7) is 4.03. The molecule has 0 aromatic heterocycles. The van der Waals surface area contributed by atoms with Gasteiger partial charge < -0.3 is 14.7 Å². The lowest BCUT2D eigenvalue weighted by Crippen LogP contribution is -2.52. The maximum absolute atomic E-state index is 12.3. The molecule has 1 aliphatic heterocycles. The molecular weight excluding hydrogens is 304 g/mol. The van der Waals surface area contributed by atoms with Gasteiger partial charge in [-0.1, -0.05) is 25.3 Å². The predicted octanol–water partition coefficient (Wildman–Crippen LogP) is 2.64. The van der Waals surface area contributed by atoms with Crippen LogP contribution in [0.25, 0.3) is 0 Å². The summed E-state index contributed by atoms with van der Waals surface area (Å²) in [5.41, 5.74) is 0. The molecule has 1 aromatic rings. The van der Waals surface area contributed by atoms with Gasteiger partial charge in [0.1, 0.15) is 11.5 Å². The third-order valence-electron chi connectivity index (χ3n) is 5.16. The Morgan fingerprint density at radius 3 is 2.58 bits per heavy atom. The first-order chi connectivity index (χ1) is 11.7. The van der Waals surface area contributed by atoms with E-state index in [1.165, 1.54) is 32.1 Å². The molecule has 1 N–H and O–H groups in total. The largest absolute Gasteiger partial charge is 0.508 e. The van der Waals surface area contributed by atoms with Crippen LogP contribution in [0.4, 0.5) is 0 Å². The van der Waals surface area contributed by atoms with Crippen LogP contribution >= 0.6 is 0 Å². The molecule has 1 heterocycles. The number of piperazine rings is 1. The molecule has 24 heavy (non-hydrogen) atoms. The van der Waals surface area contributed by atoms with Gasteiger partial charge in [-0.2, -0.15) is 0 Å². The van der Waals surface area contributed by atoms with E-state index < -0.39 is 0 Å². The van der Waals surface area contributed by atoms with Crippen molar-refractivity contribution in [3.8, 4) is 11.5 Å². The van der Waals surface area contributed by atoms with Gasteiger partial charge in [0, 0.05) is 38.3 Å². The number of hydrogen-bond acceptors (Lipinski definition) is 4. The Morgan fingerprint density at radius 1 is 1.12 bits per heavy atom. The minimum absolute atomic E-state index is 0.165. The summed E-state index contributed by atoms with van der Waals surface area (Å²) in [7, 11) is 0. The monoisotopic (exact) mass is 332 g/mol. The molecule has 5 heteroatoms. The van der Waals surface area contributed by atoms with Gasteiger partial charge in [-0.3, -0.25) is 9.69 Å². The Kier molecular flexibility index (Phi) is 5.96. The third kappa shape index (κ3) is 4.63. The normalized spacial score (nSPS) is 20.1. The van der Waals surface area contributed by atoms with Gasteiger partial charge in [-0.25, -0.2) is 0 Å². The molecule has 0 unspecified atom stereocenters. The van der Waals surface area contributed by atoms with Crippen molar-refractivity contribution in [1.82, 2.24) is 9.80 Å². The van der Waals surface area contributed by atoms with Crippen LogP contribution in [0.2, 0.25) is 0 Å². The zero-order chi connectivity index (χ0) is 16.8. The number of ether oxygens (including phenoxy) is 1. The zero-order valence-electron chi connectivity index (χ0n) is 14.3. The summed E-state index contributed by atoms with van der Waals surface area (Å²) < 4.78 is 5.55. The smallest absolute Gasteiger partial charge is 0.226 e. The van der Waals surface area contributed by atoms with Crippen molar-refractivity contribution in [3.05, 3.63) is 24.3 Å². The predicted molar refractivity (Wildman–Crippen MR) is 93.2 cm³/mol. The molecule has 1 saturated heterocycles. The van der Waals surface area contributed by atoms with E-state index in [0.717, 1.165) is 32.2 Å². The maximum atomic E-state index is 12.3. The van der Waals surface area contributed by atoms with E-state index in [1.54, 1.807) is 24.3 Å². The fraction of sp³-hybridized carbons (Fsp3) is 0.632. The second-order valence-corrected chi connectivity index (χ2v) is 6.80. The molecule has 132 valence electrons. The average molecular weight is 332 g/mol. The fourth-order valence-electron chi connectivity index (χ4n) is 3.77.